The van der Waals surface area contributed by atoms with Gasteiger partial charge in [-0.05, 0) is 24.0 Å². The first-order valence-electron chi connectivity index (χ1n) is 7.92. The molecule has 0 fully saturated rings. The van der Waals surface area contributed by atoms with Gasteiger partial charge in [-0.1, -0.05) is 20.8 Å². The van der Waals surface area contributed by atoms with Crippen LogP contribution in [-0.2, 0) is 0 Å². The molecule has 1 unspecified atom stereocenters. The highest BCUT2D eigenvalue weighted by Crippen LogP contribution is 2.25. The third-order valence-electron chi connectivity index (χ3n) is 3.99. The number of imidazole rings is 1. The summed E-state index contributed by atoms with van der Waals surface area (Å²) >= 11 is 0. The Hall–Kier alpha value is -2.74. The van der Waals surface area contributed by atoms with Gasteiger partial charge < -0.3 is 15.0 Å². The molecule has 0 radical (unpaired) electrons. The third kappa shape index (κ3) is 4.42. The Balaban J connectivity index is 2.32. The van der Waals surface area contributed by atoms with Crippen molar-refractivity contribution in [2.24, 2.45) is 5.41 Å². The van der Waals surface area contributed by atoms with Gasteiger partial charge in [0.25, 0.3) is 11.6 Å². The van der Waals surface area contributed by atoms with Gasteiger partial charge in [-0.25, -0.2) is 4.98 Å². The molecular weight excluding hydrogens is 324 g/mol. The number of aromatic nitrogens is 2. The lowest BCUT2D eigenvalue weighted by atomic mass is 9.84. The summed E-state index contributed by atoms with van der Waals surface area (Å²) in [5.41, 5.74) is 0.103. The fraction of sp³-hybridized carbons (Fsp3) is 0.412. The Morgan fingerprint density at radius 2 is 2.16 bits per heavy atom. The van der Waals surface area contributed by atoms with E-state index in [1.54, 1.807) is 6.20 Å². The summed E-state index contributed by atoms with van der Waals surface area (Å²) in [5.74, 6) is -0.409. The van der Waals surface area contributed by atoms with Crippen LogP contribution >= 0.6 is 0 Å². The molecule has 0 aliphatic carbocycles. The highest BCUT2D eigenvalue weighted by atomic mass is 16.6. The van der Waals surface area contributed by atoms with Crippen molar-refractivity contribution in [2.45, 2.75) is 33.2 Å². The summed E-state index contributed by atoms with van der Waals surface area (Å²) < 4.78 is 1.52. The van der Waals surface area contributed by atoms with Gasteiger partial charge in [-0.2, -0.15) is 0 Å². The molecule has 8 heteroatoms. The molecule has 0 saturated heterocycles. The predicted octanol–water partition coefficient (Wildman–Crippen LogP) is 2.31. The fourth-order valence-electron chi connectivity index (χ4n) is 2.52. The van der Waals surface area contributed by atoms with Gasteiger partial charge >= 0.3 is 0 Å². The summed E-state index contributed by atoms with van der Waals surface area (Å²) in [6.07, 6.45) is 4.98. The zero-order valence-corrected chi connectivity index (χ0v) is 14.5. The van der Waals surface area contributed by atoms with E-state index in [4.69, 9.17) is 0 Å². The van der Waals surface area contributed by atoms with Crippen LogP contribution in [0.25, 0.3) is 5.69 Å². The number of nitro groups is 1. The molecule has 2 aromatic rings. The number of benzene rings is 1. The Morgan fingerprint density at radius 1 is 1.44 bits per heavy atom. The first-order chi connectivity index (χ1) is 11.7. The lowest BCUT2D eigenvalue weighted by Gasteiger charge is -2.31. The SMILES string of the molecule is CC(C)(C)C(CCO)NC(=O)c1ccc(-n2ccnc2)c([N+](=O)[O-])c1. The first-order valence-corrected chi connectivity index (χ1v) is 7.92. The van der Waals surface area contributed by atoms with Gasteiger partial charge in [0.05, 0.1) is 11.3 Å². The summed E-state index contributed by atoms with van der Waals surface area (Å²) in [6.45, 7) is 5.82. The van der Waals surface area contributed by atoms with Crippen LogP contribution in [-0.4, -0.2) is 38.1 Å². The topological polar surface area (TPSA) is 110 Å². The molecular formula is C17H22N4O4. The maximum atomic E-state index is 12.5. The number of nitro benzene ring substituents is 1. The number of rotatable bonds is 6. The lowest BCUT2D eigenvalue weighted by molar-refractivity contribution is -0.384. The van der Waals surface area contributed by atoms with E-state index in [2.05, 4.69) is 10.3 Å². The second kappa shape index (κ2) is 7.43. The van der Waals surface area contributed by atoms with Crippen molar-refractivity contribution in [1.29, 1.82) is 0 Å². The summed E-state index contributed by atoms with van der Waals surface area (Å²) in [7, 11) is 0. The van der Waals surface area contributed by atoms with Gasteiger partial charge in [0, 0.05) is 36.7 Å². The highest BCUT2D eigenvalue weighted by molar-refractivity contribution is 5.95. The van der Waals surface area contributed by atoms with Crippen LogP contribution in [0.15, 0.2) is 36.9 Å². The third-order valence-corrected chi connectivity index (χ3v) is 3.99. The van der Waals surface area contributed by atoms with E-state index >= 15 is 0 Å². The van der Waals surface area contributed by atoms with Crippen LogP contribution < -0.4 is 5.32 Å². The smallest absolute Gasteiger partial charge is 0.294 e. The minimum absolute atomic E-state index is 0.0536. The van der Waals surface area contributed by atoms with Crippen LogP contribution in [0.3, 0.4) is 0 Å². The molecule has 2 N–H and O–H groups in total. The largest absolute Gasteiger partial charge is 0.396 e. The number of nitrogens with one attached hydrogen (secondary N) is 1. The second-order valence-electron chi connectivity index (χ2n) is 6.83. The molecule has 0 bridgehead atoms. The lowest BCUT2D eigenvalue weighted by Crippen LogP contribution is -2.44. The van der Waals surface area contributed by atoms with Crippen molar-refractivity contribution in [3.8, 4) is 5.69 Å². The fourth-order valence-corrected chi connectivity index (χ4v) is 2.52. The normalized spacial score (nSPS) is 12.6. The Morgan fingerprint density at radius 3 is 2.68 bits per heavy atom. The number of carbonyl (C=O) groups excluding carboxylic acids is 1. The standard InChI is InChI=1S/C17H22N4O4/c1-17(2,3)15(6-9-22)19-16(23)12-4-5-13(14(10-12)21(24)25)20-8-7-18-11-20/h4-5,7-8,10-11,15,22H,6,9H2,1-3H3,(H,19,23). The van der Waals surface area contributed by atoms with Gasteiger partial charge in [0.15, 0.2) is 0 Å². The van der Waals surface area contributed by atoms with Crippen LogP contribution in [0.4, 0.5) is 5.69 Å². The van der Waals surface area contributed by atoms with E-state index < -0.39 is 10.8 Å². The number of aliphatic hydroxyl groups is 1. The molecule has 2 rings (SSSR count). The van der Waals surface area contributed by atoms with Crippen LogP contribution in [0.1, 0.15) is 37.6 Å². The van der Waals surface area contributed by atoms with E-state index in [-0.39, 0.29) is 29.3 Å². The Labute approximate surface area is 145 Å². The molecule has 0 aliphatic rings. The maximum absolute atomic E-state index is 12.5. The van der Waals surface area contributed by atoms with Crippen LogP contribution in [0.5, 0.6) is 0 Å². The molecule has 1 amide bonds. The number of hydrogen-bond donors (Lipinski definition) is 2. The van der Waals surface area contributed by atoms with Crippen molar-refractivity contribution in [3.05, 3.63) is 52.6 Å². The summed E-state index contributed by atoms with van der Waals surface area (Å²) in [6, 6.07) is 4.06. The predicted molar refractivity (Wildman–Crippen MR) is 92.6 cm³/mol. The zero-order chi connectivity index (χ0) is 18.6. The van der Waals surface area contributed by atoms with E-state index in [0.29, 0.717) is 12.1 Å². The van der Waals surface area contributed by atoms with E-state index in [1.165, 1.54) is 35.3 Å². The molecule has 1 aromatic heterocycles. The van der Waals surface area contributed by atoms with Gasteiger partial charge in [-0.3, -0.25) is 14.9 Å². The molecule has 0 saturated carbocycles. The van der Waals surface area contributed by atoms with Crippen molar-refractivity contribution in [1.82, 2.24) is 14.9 Å². The van der Waals surface area contributed by atoms with E-state index in [1.807, 2.05) is 20.8 Å². The molecule has 25 heavy (non-hydrogen) atoms. The number of nitrogens with zero attached hydrogens (tertiary/aromatic N) is 3. The second-order valence-corrected chi connectivity index (χ2v) is 6.83. The van der Waals surface area contributed by atoms with Crippen LogP contribution in [0, 0.1) is 15.5 Å². The highest BCUT2D eigenvalue weighted by Gasteiger charge is 2.27. The van der Waals surface area contributed by atoms with Gasteiger partial charge in [0.1, 0.15) is 5.69 Å². The molecule has 0 spiro atoms. The van der Waals surface area contributed by atoms with Crippen LogP contribution in [0.2, 0.25) is 0 Å². The Kier molecular flexibility index (Phi) is 5.53. The number of hydrogen-bond acceptors (Lipinski definition) is 5. The number of carbonyl (C=O) groups is 1. The minimum atomic E-state index is -0.527. The van der Waals surface area contributed by atoms with Crippen molar-refractivity contribution in [2.75, 3.05) is 6.61 Å². The average Bonchev–Trinajstić information content (AvgIpc) is 3.07. The maximum Gasteiger partial charge on any atom is 0.294 e. The van der Waals surface area contributed by atoms with E-state index in [9.17, 15) is 20.0 Å². The minimum Gasteiger partial charge on any atom is -0.396 e. The van der Waals surface area contributed by atoms with E-state index in [0.717, 1.165) is 0 Å². The molecule has 134 valence electrons. The molecule has 8 nitrogen and oxygen atoms in total. The number of amides is 1. The first kappa shape index (κ1) is 18.6. The monoisotopic (exact) mass is 346 g/mol. The molecule has 1 heterocycles. The average molecular weight is 346 g/mol. The zero-order valence-electron chi connectivity index (χ0n) is 14.5. The summed E-state index contributed by atoms with van der Waals surface area (Å²) in [4.78, 5) is 27.3. The van der Waals surface area contributed by atoms with Crippen molar-refractivity contribution < 1.29 is 14.8 Å². The van der Waals surface area contributed by atoms with Gasteiger partial charge in [0.2, 0.25) is 0 Å². The Bertz CT molecular complexity index is 751. The van der Waals surface area contributed by atoms with Crippen molar-refractivity contribution >= 4 is 11.6 Å². The molecule has 0 aliphatic heterocycles. The summed E-state index contributed by atoms with van der Waals surface area (Å²) in [5, 5.41) is 23.4. The quantitative estimate of drug-likeness (QED) is 0.616. The number of aliphatic hydroxyl groups excluding tert-OH is 1. The molecule has 1 aromatic carbocycles. The van der Waals surface area contributed by atoms with Crippen molar-refractivity contribution in [3.63, 3.8) is 0 Å². The molecule has 1 atom stereocenters. The van der Waals surface area contributed by atoms with Gasteiger partial charge in [-0.15, -0.1) is 0 Å².